The zero-order valence-electron chi connectivity index (χ0n) is 15.2. The van der Waals surface area contributed by atoms with Crippen LogP contribution in [0.2, 0.25) is 0 Å². The van der Waals surface area contributed by atoms with Gasteiger partial charge in [0.25, 0.3) is 0 Å². The first-order chi connectivity index (χ1) is 11.8. The van der Waals surface area contributed by atoms with Gasteiger partial charge in [0.1, 0.15) is 0 Å². The van der Waals surface area contributed by atoms with Gasteiger partial charge in [-0.25, -0.2) is 0 Å². The van der Waals surface area contributed by atoms with E-state index in [1.807, 2.05) is 69.4 Å². The molecule has 25 heavy (non-hydrogen) atoms. The molecule has 0 aliphatic carbocycles. The second-order valence-corrected chi connectivity index (χ2v) is 7.25. The number of hydrogen-bond donors (Lipinski definition) is 0. The van der Waals surface area contributed by atoms with Gasteiger partial charge in [0.15, 0.2) is 0 Å². The summed E-state index contributed by atoms with van der Waals surface area (Å²) in [7, 11) is 3.62. The predicted octanol–water partition coefficient (Wildman–Crippen LogP) is 3.14. The fourth-order valence-corrected chi connectivity index (χ4v) is 3.39. The first kappa shape index (κ1) is 17.2. The highest BCUT2D eigenvalue weighted by Gasteiger charge is 2.42. The molecule has 0 saturated carbocycles. The highest BCUT2D eigenvalue weighted by Crippen LogP contribution is 2.41. The van der Waals surface area contributed by atoms with Crippen molar-refractivity contribution < 1.29 is 9.59 Å². The fourth-order valence-electron chi connectivity index (χ4n) is 3.39. The van der Waals surface area contributed by atoms with Gasteiger partial charge < -0.3 is 9.80 Å². The van der Waals surface area contributed by atoms with Crippen LogP contribution in [-0.4, -0.2) is 30.8 Å². The predicted molar refractivity (Wildman–Crippen MR) is 99.5 cm³/mol. The largest absolute Gasteiger partial charge is 0.341 e. The molecule has 0 N–H and O–H groups in total. The molecule has 130 valence electrons. The lowest BCUT2D eigenvalue weighted by Crippen LogP contribution is -2.33. The van der Waals surface area contributed by atoms with Crippen molar-refractivity contribution in [3.8, 4) is 0 Å². The van der Waals surface area contributed by atoms with Crippen molar-refractivity contribution in [2.24, 2.45) is 0 Å². The van der Waals surface area contributed by atoms with E-state index in [1.165, 1.54) is 0 Å². The third kappa shape index (κ3) is 3.16. The van der Waals surface area contributed by atoms with Crippen molar-refractivity contribution in [3.05, 3.63) is 65.2 Å². The lowest BCUT2D eigenvalue weighted by Gasteiger charge is -2.19. The minimum Gasteiger partial charge on any atom is -0.341 e. The standard InChI is InChI=1S/C21H24N2O2/c1-21(2)17-12-16(10-11-18(17)23(4)20(21)25)13-19(24)22(3)14-15-8-6-5-7-9-15/h5-12H,13-14H2,1-4H3. The Hall–Kier alpha value is -2.62. The van der Waals surface area contributed by atoms with Crippen molar-refractivity contribution in [1.29, 1.82) is 0 Å². The molecule has 1 aliphatic rings. The molecular weight excluding hydrogens is 312 g/mol. The maximum absolute atomic E-state index is 12.6. The zero-order valence-corrected chi connectivity index (χ0v) is 15.2. The van der Waals surface area contributed by atoms with E-state index < -0.39 is 5.41 Å². The number of rotatable bonds is 4. The van der Waals surface area contributed by atoms with Gasteiger partial charge in [-0.3, -0.25) is 9.59 Å². The average molecular weight is 336 g/mol. The van der Waals surface area contributed by atoms with E-state index in [9.17, 15) is 9.59 Å². The molecule has 3 rings (SSSR count). The van der Waals surface area contributed by atoms with Crippen LogP contribution in [0.3, 0.4) is 0 Å². The van der Waals surface area contributed by atoms with Gasteiger partial charge in [0.05, 0.1) is 11.8 Å². The number of carbonyl (C=O) groups excluding carboxylic acids is 2. The first-order valence-electron chi connectivity index (χ1n) is 8.50. The maximum Gasteiger partial charge on any atom is 0.236 e. The van der Waals surface area contributed by atoms with Crippen LogP contribution in [-0.2, 0) is 28.0 Å². The van der Waals surface area contributed by atoms with Crippen molar-refractivity contribution in [2.75, 3.05) is 19.0 Å². The highest BCUT2D eigenvalue weighted by atomic mass is 16.2. The van der Waals surface area contributed by atoms with Gasteiger partial charge in [-0.2, -0.15) is 0 Å². The molecule has 1 heterocycles. The number of anilines is 1. The maximum atomic E-state index is 12.6. The Morgan fingerprint density at radius 1 is 1.08 bits per heavy atom. The zero-order chi connectivity index (χ0) is 18.2. The quantitative estimate of drug-likeness (QED) is 0.860. The van der Waals surface area contributed by atoms with E-state index in [4.69, 9.17) is 0 Å². The Balaban J connectivity index is 1.75. The topological polar surface area (TPSA) is 40.6 Å². The number of amides is 2. The molecule has 0 atom stereocenters. The van der Waals surface area contributed by atoms with E-state index in [-0.39, 0.29) is 11.8 Å². The third-order valence-corrected chi connectivity index (χ3v) is 4.98. The van der Waals surface area contributed by atoms with Gasteiger partial charge in [-0.05, 0) is 36.6 Å². The van der Waals surface area contributed by atoms with Crippen molar-refractivity contribution in [3.63, 3.8) is 0 Å². The molecular formula is C21H24N2O2. The smallest absolute Gasteiger partial charge is 0.236 e. The summed E-state index contributed by atoms with van der Waals surface area (Å²) in [5.74, 6) is 0.159. The molecule has 1 aliphatic heterocycles. The SMILES string of the molecule is CN(Cc1ccccc1)C(=O)Cc1ccc2c(c1)C(C)(C)C(=O)N2C. The van der Waals surface area contributed by atoms with Crippen LogP contribution in [0.25, 0.3) is 0 Å². The molecule has 0 bridgehead atoms. The minimum absolute atomic E-state index is 0.0688. The summed E-state index contributed by atoms with van der Waals surface area (Å²) in [5, 5.41) is 0. The van der Waals surface area contributed by atoms with Crippen LogP contribution in [0.5, 0.6) is 0 Å². The summed E-state index contributed by atoms with van der Waals surface area (Å²) in [6.07, 6.45) is 0.338. The Morgan fingerprint density at radius 3 is 2.44 bits per heavy atom. The van der Waals surface area contributed by atoms with Crippen LogP contribution in [0, 0.1) is 0 Å². The van der Waals surface area contributed by atoms with Gasteiger partial charge in [0.2, 0.25) is 11.8 Å². The number of nitrogens with zero attached hydrogens (tertiary/aromatic N) is 2. The van der Waals surface area contributed by atoms with E-state index in [1.54, 1.807) is 16.8 Å². The highest BCUT2D eigenvalue weighted by molar-refractivity contribution is 6.07. The molecule has 0 fully saturated rings. The normalized spacial score (nSPS) is 15.2. The Morgan fingerprint density at radius 2 is 1.76 bits per heavy atom. The number of likely N-dealkylation sites (N-methyl/N-ethyl adjacent to an activating group) is 2. The molecule has 2 aromatic rings. The van der Waals surface area contributed by atoms with Crippen molar-refractivity contribution in [1.82, 2.24) is 4.90 Å². The van der Waals surface area contributed by atoms with E-state index in [0.29, 0.717) is 13.0 Å². The third-order valence-electron chi connectivity index (χ3n) is 4.98. The molecule has 0 saturated heterocycles. The minimum atomic E-state index is -0.543. The molecule has 4 heteroatoms. The Labute approximate surface area is 149 Å². The first-order valence-corrected chi connectivity index (χ1v) is 8.50. The van der Waals surface area contributed by atoms with Crippen LogP contribution in [0.1, 0.15) is 30.5 Å². The Bertz CT molecular complexity index is 812. The summed E-state index contributed by atoms with van der Waals surface area (Å²) in [4.78, 5) is 28.4. The monoisotopic (exact) mass is 336 g/mol. The molecule has 4 nitrogen and oxygen atoms in total. The number of fused-ring (bicyclic) bond motifs is 1. The summed E-state index contributed by atoms with van der Waals surface area (Å²) < 4.78 is 0. The Kier molecular flexibility index (Phi) is 4.38. The van der Waals surface area contributed by atoms with E-state index >= 15 is 0 Å². The van der Waals surface area contributed by atoms with Gasteiger partial charge in [0, 0.05) is 26.3 Å². The number of benzene rings is 2. The summed E-state index contributed by atoms with van der Waals surface area (Å²) >= 11 is 0. The number of hydrogen-bond acceptors (Lipinski definition) is 2. The van der Waals surface area contributed by atoms with E-state index in [0.717, 1.165) is 22.4 Å². The van der Waals surface area contributed by atoms with Crippen LogP contribution < -0.4 is 4.90 Å². The van der Waals surface area contributed by atoms with Crippen molar-refractivity contribution in [2.45, 2.75) is 32.2 Å². The molecule has 0 unspecified atom stereocenters. The average Bonchev–Trinajstić information content (AvgIpc) is 2.76. The molecule has 0 radical (unpaired) electrons. The van der Waals surface area contributed by atoms with E-state index in [2.05, 4.69) is 0 Å². The lowest BCUT2D eigenvalue weighted by atomic mass is 9.85. The summed E-state index contributed by atoms with van der Waals surface area (Å²) in [6, 6.07) is 15.8. The van der Waals surface area contributed by atoms with Gasteiger partial charge >= 0.3 is 0 Å². The second kappa shape index (κ2) is 6.36. The molecule has 2 aromatic carbocycles. The van der Waals surface area contributed by atoms with Gasteiger partial charge in [-0.1, -0.05) is 42.5 Å². The van der Waals surface area contributed by atoms with Gasteiger partial charge in [-0.15, -0.1) is 0 Å². The second-order valence-electron chi connectivity index (χ2n) is 7.25. The summed E-state index contributed by atoms with van der Waals surface area (Å²) in [6.45, 7) is 4.47. The molecule has 0 spiro atoms. The van der Waals surface area contributed by atoms with Crippen molar-refractivity contribution >= 4 is 17.5 Å². The lowest BCUT2D eigenvalue weighted by molar-refractivity contribution is -0.129. The molecule has 0 aromatic heterocycles. The van der Waals surface area contributed by atoms with Crippen LogP contribution in [0.15, 0.2) is 48.5 Å². The van der Waals surface area contributed by atoms with Crippen LogP contribution >= 0.6 is 0 Å². The molecule has 2 amide bonds. The fraction of sp³-hybridized carbons (Fsp3) is 0.333. The number of carbonyl (C=O) groups is 2. The summed E-state index contributed by atoms with van der Waals surface area (Å²) in [5.41, 5.74) is 3.44. The van der Waals surface area contributed by atoms with Crippen LogP contribution in [0.4, 0.5) is 5.69 Å².